The number of carbonyl (C=O) groups is 1. The number of piperidine rings is 1. The monoisotopic (exact) mass is 359 g/mol. The van der Waals surface area contributed by atoms with Crippen molar-refractivity contribution in [2.24, 2.45) is 17.6 Å². The molecule has 1 fully saturated rings. The molecule has 0 radical (unpaired) electrons. The smallest absolute Gasteiger partial charge is 0.222 e. The Morgan fingerprint density at radius 1 is 1.08 bits per heavy atom. The Bertz CT molecular complexity index is 521. The van der Waals surface area contributed by atoms with Crippen LogP contribution in [0.15, 0.2) is 30.3 Å². The number of nitrogens with two attached hydrogens (primary N) is 1. The quantitative estimate of drug-likeness (QED) is 0.687. The first-order chi connectivity index (χ1) is 12.5. The van der Waals surface area contributed by atoms with Crippen molar-refractivity contribution in [3.05, 3.63) is 35.9 Å². The number of benzene rings is 1. The summed E-state index contributed by atoms with van der Waals surface area (Å²) in [6.07, 6.45) is 4.97. The van der Waals surface area contributed by atoms with Gasteiger partial charge in [0.05, 0.1) is 0 Å². The van der Waals surface area contributed by atoms with Gasteiger partial charge in [0.15, 0.2) is 0 Å². The van der Waals surface area contributed by atoms with Gasteiger partial charge in [-0.05, 0) is 36.8 Å². The summed E-state index contributed by atoms with van der Waals surface area (Å²) in [4.78, 5) is 17.2. The van der Waals surface area contributed by atoms with E-state index >= 15 is 0 Å². The van der Waals surface area contributed by atoms with Crippen molar-refractivity contribution < 1.29 is 4.79 Å². The van der Waals surface area contributed by atoms with Crippen LogP contribution >= 0.6 is 0 Å². The van der Waals surface area contributed by atoms with Crippen molar-refractivity contribution >= 4 is 5.91 Å². The molecule has 0 aliphatic carbocycles. The van der Waals surface area contributed by atoms with Crippen LogP contribution in [0.4, 0.5) is 0 Å². The normalized spacial score (nSPS) is 23.8. The minimum absolute atomic E-state index is 0.304. The largest absolute Gasteiger partial charge is 0.342 e. The number of likely N-dealkylation sites (tertiary alicyclic amines) is 1. The van der Waals surface area contributed by atoms with E-state index in [2.05, 4.69) is 49.1 Å². The molecule has 4 nitrogen and oxygen atoms in total. The number of carbonyl (C=O) groups excluding carboxylic acids is 1. The Morgan fingerprint density at radius 2 is 1.69 bits per heavy atom. The van der Waals surface area contributed by atoms with Crippen LogP contribution in [0.1, 0.15) is 51.5 Å². The van der Waals surface area contributed by atoms with E-state index in [1.54, 1.807) is 0 Å². The molecule has 0 bridgehead atoms. The Kier molecular flexibility index (Phi) is 8.60. The molecule has 4 heteroatoms. The lowest BCUT2D eigenvalue weighted by molar-refractivity contribution is -0.135. The lowest BCUT2D eigenvalue weighted by Crippen LogP contribution is -2.55. The van der Waals surface area contributed by atoms with Gasteiger partial charge < -0.3 is 10.6 Å². The number of hydrogen-bond acceptors (Lipinski definition) is 3. The van der Waals surface area contributed by atoms with Gasteiger partial charge in [0.2, 0.25) is 5.91 Å². The van der Waals surface area contributed by atoms with Crippen molar-refractivity contribution in [1.82, 2.24) is 9.80 Å². The summed E-state index contributed by atoms with van der Waals surface area (Å²) in [7, 11) is 2.01. The predicted octanol–water partition coefficient (Wildman–Crippen LogP) is 3.51. The second kappa shape index (κ2) is 10.7. The van der Waals surface area contributed by atoms with Gasteiger partial charge in [-0.15, -0.1) is 0 Å². The maximum absolute atomic E-state index is 12.6. The average molecular weight is 360 g/mol. The van der Waals surface area contributed by atoms with E-state index in [1.807, 2.05) is 11.9 Å². The number of rotatable bonds is 9. The van der Waals surface area contributed by atoms with Gasteiger partial charge in [-0.1, -0.05) is 57.0 Å². The fourth-order valence-electron chi connectivity index (χ4n) is 4.52. The first kappa shape index (κ1) is 20.9. The van der Waals surface area contributed by atoms with E-state index in [0.29, 0.717) is 30.2 Å². The van der Waals surface area contributed by atoms with Crippen LogP contribution < -0.4 is 5.73 Å². The highest BCUT2D eigenvalue weighted by atomic mass is 16.2. The van der Waals surface area contributed by atoms with Crippen LogP contribution in [0.5, 0.6) is 0 Å². The molecular weight excluding hydrogens is 322 g/mol. The zero-order valence-electron chi connectivity index (χ0n) is 16.9. The average Bonchev–Trinajstić information content (AvgIpc) is 2.61. The molecule has 0 aromatic heterocycles. The van der Waals surface area contributed by atoms with E-state index in [-0.39, 0.29) is 0 Å². The maximum atomic E-state index is 12.6. The van der Waals surface area contributed by atoms with E-state index in [0.717, 1.165) is 51.9 Å². The summed E-state index contributed by atoms with van der Waals surface area (Å²) >= 11 is 0. The van der Waals surface area contributed by atoms with Gasteiger partial charge in [-0.2, -0.15) is 0 Å². The van der Waals surface area contributed by atoms with Gasteiger partial charge in [-0.25, -0.2) is 0 Å². The molecular formula is C22H37N3O. The van der Waals surface area contributed by atoms with Crippen molar-refractivity contribution in [2.45, 2.75) is 58.5 Å². The van der Waals surface area contributed by atoms with Crippen molar-refractivity contribution in [1.29, 1.82) is 0 Å². The Balaban J connectivity index is 1.83. The molecule has 2 unspecified atom stereocenters. The molecule has 1 heterocycles. The highest BCUT2D eigenvalue weighted by molar-refractivity contribution is 5.76. The van der Waals surface area contributed by atoms with Crippen LogP contribution in [0.2, 0.25) is 0 Å². The second-order valence-corrected chi connectivity index (χ2v) is 8.08. The van der Waals surface area contributed by atoms with Crippen LogP contribution in [-0.4, -0.2) is 48.4 Å². The second-order valence-electron chi connectivity index (χ2n) is 8.08. The highest BCUT2D eigenvalue weighted by Gasteiger charge is 2.35. The Morgan fingerprint density at radius 3 is 2.31 bits per heavy atom. The molecule has 146 valence electrons. The van der Waals surface area contributed by atoms with E-state index in [4.69, 9.17) is 5.73 Å². The molecule has 26 heavy (non-hydrogen) atoms. The number of hydrogen-bond donors (Lipinski definition) is 1. The SMILES string of the molecule is CC1CN(Cc2ccccc2)CC(C)C1N(C)C(=O)CCCCCCN. The maximum Gasteiger partial charge on any atom is 0.222 e. The van der Waals surface area contributed by atoms with Gasteiger partial charge in [0.1, 0.15) is 0 Å². The van der Waals surface area contributed by atoms with Crippen molar-refractivity contribution in [3.8, 4) is 0 Å². The van der Waals surface area contributed by atoms with Crippen LogP contribution in [0, 0.1) is 11.8 Å². The minimum Gasteiger partial charge on any atom is -0.342 e. The van der Waals surface area contributed by atoms with Crippen molar-refractivity contribution in [2.75, 3.05) is 26.7 Å². The van der Waals surface area contributed by atoms with E-state index < -0.39 is 0 Å². The van der Waals surface area contributed by atoms with Crippen molar-refractivity contribution in [3.63, 3.8) is 0 Å². The first-order valence-corrected chi connectivity index (χ1v) is 10.2. The molecule has 2 atom stereocenters. The molecule has 1 amide bonds. The highest BCUT2D eigenvalue weighted by Crippen LogP contribution is 2.28. The third kappa shape index (κ3) is 6.10. The summed E-state index contributed by atoms with van der Waals surface area (Å²) in [5.74, 6) is 1.29. The molecule has 1 aromatic carbocycles. The number of unbranched alkanes of at least 4 members (excludes halogenated alkanes) is 3. The van der Waals surface area contributed by atoms with E-state index in [1.165, 1.54) is 5.56 Å². The molecule has 2 rings (SSSR count). The molecule has 1 aliphatic heterocycles. The molecule has 0 saturated carbocycles. The minimum atomic E-state index is 0.304. The predicted molar refractivity (Wildman–Crippen MR) is 109 cm³/mol. The van der Waals surface area contributed by atoms with Gasteiger partial charge in [0.25, 0.3) is 0 Å². The molecule has 1 aromatic rings. The van der Waals surface area contributed by atoms with Gasteiger partial charge in [-0.3, -0.25) is 9.69 Å². The number of amides is 1. The molecule has 2 N–H and O–H groups in total. The Labute approximate surface area is 159 Å². The third-order valence-electron chi connectivity index (χ3n) is 5.69. The van der Waals surface area contributed by atoms with Crippen LogP contribution in [0.3, 0.4) is 0 Å². The summed E-state index contributed by atoms with van der Waals surface area (Å²) in [6.45, 7) is 8.45. The summed E-state index contributed by atoms with van der Waals surface area (Å²) in [5.41, 5.74) is 6.90. The Hall–Kier alpha value is -1.39. The fourth-order valence-corrected chi connectivity index (χ4v) is 4.52. The standard InChI is InChI=1S/C22H37N3O/c1-18-15-25(17-20-11-7-6-8-12-20)16-19(2)22(18)24(3)21(26)13-9-4-5-10-14-23/h6-8,11-12,18-19,22H,4-5,9-10,13-17,23H2,1-3H3. The van der Waals surface area contributed by atoms with E-state index in [9.17, 15) is 4.79 Å². The lowest BCUT2D eigenvalue weighted by Gasteiger charge is -2.45. The van der Waals surface area contributed by atoms with Crippen LogP contribution in [-0.2, 0) is 11.3 Å². The van der Waals surface area contributed by atoms with Gasteiger partial charge in [0, 0.05) is 39.1 Å². The third-order valence-corrected chi connectivity index (χ3v) is 5.69. The fraction of sp³-hybridized carbons (Fsp3) is 0.682. The summed E-state index contributed by atoms with van der Waals surface area (Å²) in [5, 5.41) is 0. The zero-order valence-corrected chi connectivity index (χ0v) is 16.9. The lowest BCUT2D eigenvalue weighted by atomic mass is 9.84. The summed E-state index contributed by atoms with van der Waals surface area (Å²) < 4.78 is 0. The summed E-state index contributed by atoms with van der Waals surface area (Å²) in [6, 6.07) is 11.0. The van der Waals surface area contributed by atoms with Gasteiger partial charge >= 0.3 is 0 Å². The molecule has 0 spiro atoms. The molecule has 1 saturated heterocycles. The van der Waals surface area contributed by atoms with Crippen LogP contribution in [0.25, 0.3) is 0 Å². The first-order valence-electron chi connectivity index (χ1n) is 10.2. The topological polar surface area (TPSA) is 49.6 Å². The molecule has 1 aliphatic rings. The number of nitrogens with zero attached hydrogens (tertiary/aromatic N) is 2. The zero-order chi connectivity index (χ0) is 18.9.